The predicted octanol–water partition coefficient (Wildman–Crippen LogP) is 5.56. The van der Waals surface area contributed by atoms with Gasteiger partial charge >= 0.3 is 0 Å². The van der Waals surface area contributed by atoms with Gasteiger partial charge in [0.05, 0.1) is 0 Å². The topological polar surface area (TPSA) is 0 Å². The van der Waals surface area contributed by atoms with Crippen LogP contribution in [0.1, 0.15) is 19.4 Å². The summed E-state index contributed by atoms with van der Waals surface area (Å²) >= 11 is 10.7. The van der Waals surface area contributed by atoms with Gasteiger partial charge in [-0.2, -0.15) is 0 Å². The van der Waals surface area contributed by atoms with Gasteiger partial charge in [0.15, 0.2) is 0 Å². The molecule has 0 fully saturated rings. The van der Waals surface area contributed by atoms with Crippen molar-refractivity contribution < 1.29 is 4.39 Å². The average molecular weight is 431 g/mol. The zero-order chi connectivity index (χ0) is 13.1. The summed E-state index contributed by atoms with van der Waals surface area (Å²) in [5.41, 5.74) is 1.30. The SMILES string of the molecule is CC(C)C(CBr)(CBr)Cc1ccc(F)cc1Br. The van der Waals surface area contributed by atoms with Crippen LogP contribution in [-0.2, 0) is 6.42 Å². The van der Waals surface area contributed by atoms with Crippen LogP contribution in [0.4, 0.5) is 4.39 Å². The van der Waals surface area contributed by atoms with Crippen LogP contribution >= 0.6 is 47.8 Å². The zero-order valence-electron chi connectivity index (χ0n) is 9.94. The molecule has 0 atom stereocenters. The fourth-order valence-corrected chi connectivity index (χ4v) is 4.80. The largest absolute Gasteiger partial charge is 0.207 e. The summed E-state index contributed by atoms with van der Waals surface area (Å²) in [5, 5.41) is 1.85. The van der Waals surface area contributed by atoms with Gasteiger partial charge in [0.25, 0.3) is 0 Å². The van der Waals surface area contributed by atoms with Crippen molar-refractivity contribution in [3.63, 3.8) is 0 Å². The first-order valence-corrected chi connectivity index (χ1v) is 8.54. The molecule has 0 amide bonds. The van der Waals surface area contributed by atoms with Gasteiger partial charge in [-0.3, -0.25) is 0 Å². The molecule has 0 unspecified atom stereocenters. The molecular weight excluding hydrogens is 415 g/mol. The van der Waals surface area contributed by atoms with E-state index in [2.05, 4.69) is 61.6 Å². The quantitative estimate of drug-likeness (QED) is 0.536. The molecule has 96 valence electrons. The van der Waals surface area contributed by atoms with Gasteiger partial charge in [0.2, 0.25) is 0 Å². The van der Waals surface area contributed by atoms with Crippen molar-refractivity contribution in [2.75, 3.05) is 10.7 Å². The Morgan fingerprint density at radius 3 is 2.24 bits per heavy atom. The summed E-state index contributed by atoms with van der Waals surface area (Å²) in [5.74, 6) is 0.339. The molecule has 1 aromatic rings. The maximum atomic E-state index is 13.1. The molecule has 0 aliphatic heterocycles. The minimum atomic E-state index is -0.201. The summed E-state index contributed by atoms with van der Waals surface area (Å²) in [6.45, 7) is 4.44. The van der Waals surface area contributed by atoms with Crippen LogP contribution in [0.3, 0.4) is 0 Å². The number of halogens is 4. The molecule has 0 radical (unpaired) electrons. The lowest BCUT2D eigenvalue weighted by atomic mass is 9.76. The first-order chi connectivity index (χ1) is 7.95. The molecule has 0 saturated heterocycles. The Balaban J connectivity index is 3.01. The zero-order valence-corrected chi connectivity index (χ0v) is 14.7. The predicted molar refractivity (Wildman–Crippen MR) is 82.7 cm³/mol. The summed E-state index contributed by atoms with van der Waals surface area (Å²) in [4.78, 5) is 0. The van der Waals surface area contributed by atoms with E-state index in [1.807, 2.05) is 6.07 Å². The molecular formula is C13H16Br3F. The van der Waals surface area contributed by atoms with E-state index in [9.17, 15) is 4.39 Å². The number of benzene rings is 1. The van der Waals surface area contributed by atoms with Gasteiger partial charge in [-0.25, -0.2) is 4.39 Å². The lowest BCUT2D eigenvalue weighted by Crippen LogP contribution is -2.33. The van der Waals surface area contributed by atoms with Crippen molar-refractivity contribution in [1.29, 1.82) is 0 Å². The molecule has 1 rings (SSSR count). The summed E-state index contributed by atoms with van der Waals surface area (Å²) in [7, 11) is 0. The smallest absolute Gasteiger partial charge is 0.124 e. The van der Waals surface area contributed by atoms with Crippen LogP contribution in [0.15, 0.2) is 22.7 Å². The molecule has 0 saturated carbocycles. The van der Waals surface area contributed by atoms with Gasteiger partial charge in [-0.05, 0) is 35.4 Å². The fourth-order valence-electron chi connectivity index (χ4n) is 1.69. The molecule has 4 heteroatoms. The molecule has 0 spiro atoms. The Kier molecular flexibility index (Phi) is 6.14. The number of rotatable bonds is 5. The first-order valence-electron chi connectivity index (χ1n) is 5.51. The van der Waals surface area contributed by atoms with E-state index in [1.165, 1.54) is 12.1 Å². The van der Waals surface area contributed by atoms with Crippen molar-refractivity contribution >= 4 is 47.8 Å². The van der Waals surface area contributed by atoms with E-state index >= 15 is 0 Å². The van der Waals surface area contributed by atoms with Crippen molar-refractivity contribution in [2.24, 2.45) is 11.3 Å². The Bertz CT molecular complexity index is 373. The van der Waals surface area contributed by atoms with Gasteiger partial charge in [0, 0.05) is 15.1 Å². The van der Waals surface area contributed by atoms with E-state index < -0.39 is 0 Å². The molecule has 0 N–H and O–H groups in total. The lowest BCUT2D eigenvalue weighted by Gasteiger charge is -2.34. The summed E-state index contributed by atoms with van der Waals surface area (Å²) in [6.07, 6.45) is 0.919. The van der Waals surface area contributed by atoms with E-state index in [0.717, 1.165) is 27.1 Å². The van der Waals surface area contributed by atoms with Gasteiger partial charge in [-0.15, -0.1) is 0 Å². The molecule has 1 aromatic carbocycles. The molecule has 0 heterocycles. The molecule has 0 aromatic heterocycles. The fraction of sp³-hybridized carbons (Fsp3) is 0.538. The van der Waals surface area contributed by atoms with Gasteiger partial charge in [0.1, 0.15) is 5.82 Å². The van der Waals surface area contributed by atoms with Gasteiger partial charge in [-0.1, -0.05) is 67.7 Å². The van der Waals surface area contributed by atoms with Crippen molar-refractivity contribution in [1.82, 2.24) is 0 Å². The Morgan fingerprint density at radius 1 is 1.24 bits per heavy atom. The third kappa shape index (κ3) is 3.77. The maximum absolute atomic E-state index is 13.1. The third-order valence-electron chi connectivity index (χ3n) is 3.31. The highest BCUT2D eigenvalue weighted by Crippen LogP contribution is 2.37. The minimum absolute atomic E-state index is 0.153. The second kappa shape index (κ2) is 6.67. The van der Waals surface area contributed by atoms with E-state index in [-0.39, 0.29) is 11.2 Å². The van der Waals surface area contributed by atoms with E-state index in [1.54, 1.807) is 0 Å². The summed E-state index contributed by atoms with van der Waals surface area (Å²) < 4.78 is 13.9. The second-order valence-corrected chi connectivity index (χ2v) is 6.67. The van der Waals surface area contributed by atoms with E-state index in [0.29, 0.717) is 5.92 Å². The number of alkyl halides is 2. The molecule has 0 aliphatic carbocycles. The Labute approximate surface area is 128 Å². The second-order valence-electron chi connectivity index (χ2n) is 4.70. The van der Waals surface area contributed by atoms with Crippen LogP contribution in [-0.4, -0.2) is 10.7 Å². The highest BCUT2D eigenvalue weighted by atomic mass is 79.9. The standard InChI is InChI=1S/C13H16Br3F/c1-9(2)13(7-14,8-15)6-10-3-4-11(17)5-12(10)16/h3-5,9H,6-8H2,1-2H3. The highest BCUT2D eigenvalue weighted by molar-refractivity contribution is 9.10. The van der Waals surface area contributed by atoms with E-state index in [4.69, 9.17) is 0 Å². The minimum Gasteiger partial charge on any atom is -0.207 e. The molecule has 0 nitrogen and oxygen atoms in total. The lowest BCUT2D eigenvalue weighted by molar-refractivity contribution is 0.267. The van der Waals surface area contributed by atoms with Gasteiger partial charge < -0.3 is 0 Å². The average Bonchev–Trinajstić information content (AvgIpc) is 2.28. The van der Waals surface area contributed by atoms with Crippen LogP contribution in [0.2, 0.25) is 0 Å². The van der Waals surface area contributed by atoms with Crippen LogP contribution in [0.25, 0.3) is 0 Å². The molecule has 0 aliphatic rings. The summed E-state index contributed by atoms with van der Waals surface area (Å²) in [6, 6.07) is 4.92. The van der Waals surface area contributed by atoms with Crippen LogP contribution in [0.5, 0.6) is 0 Å². The van der Waals surface area contributed by atoms with Crippen molar-refractivity contribution in [3.8, 4) is 0 Å². The number of hydrogen-bond acceptors (Lipinski definition) is 0. The third-order valence-corrected chi connectivity index (χ3v) is 6.29. The molecule has 0 bridgehead atoms. The molecule has 17 heavy (non-hydrogen) atoms. The first kappa shape index (κ1) is 15.6. The Hall–Kier alpha value is 0.590. The maximum Gasteiger partial charge on any atom is 0.124 e. The van der Waals surface area contributed by atoms with Crippen molar-refractivity contribution in [2.45, 2.75) is 20.3 Å². The van der Waals surface area contributed by atoms with Crippen molar-refractivity contribution in [3.05, 3.63) is 34.1 Å². The van der Waals surface area contributed by atoms with Crippen LogP contribution < -0.4 is 0 Å². The number of hydrogen-bond donors (Lipinski definition) is 0. The normalized spacial score (nSPS) is 12.2. The monoisotopic (exact) mass is 428 g/mol. The van der Waals surface area contributed by atoms with Crippen LogP contribution in [0, 0.1) is 17.2 Å². The Morgan fingerprint density at radius 2 is 1.82 bits per heavy atom. The highest BCUT2D eigenvalue weighted by Gasteiger charge is 2.32.